The molecule has 0 spiro atoms. The van der Waals surface area contributed by atoms with E-state index in [1.165, 1.54) is 11.5 Å². The second-order valence-corrected chi connectivity index (χ2v) is 9.02. The minimum absolute atomic E-state index is 0. The Balaban J connectivity index is 0.00000274. The lowest BCUT2D eigenvalue weighted by Gasteiger charge is -2.36. The fraction of sp³-hybridized carbons (Fsp3) is 0.391. The van der Waals surface area contributed by atoms with Gasteiger partial charge in [0.2, 0.25) is 0 Å². The number of fused-ring (bicyclic) bond motifs is 2. The first-order valence-electron chi connectivity index (χ1n) is 10.9. The summed E-state index contributed by atoms with van der Waals surface area (Å²) in [4.78, 5) is 11.5. The number of aromatic nitrogens is 4. The second-order valence-electron chi connectivity index (χ2n) is 8.29. The number of rotatable bonds is 7. The molecule has 0 radical (unpaired) electrons. The van der Waals surface area contributed by atoms with Gasteiger partial charge < -0.3 is 15.2 Å². The van der Waals surface area contributed by atoms with Crippen molar-refractivity contribution in [2.75, 3.05) is 26.7 Å². The topological polar surface area (TPSA) is 96.3 Å². The third kappa shape index (κ3) is 5.26. The van der Waals surface area contributed by atoms with E-state index in [4.69, 9.17) is 4.74 Å². The molecular formula is C23H26ClFN6O2S. The number of alkyl halides is 1. The van der Waals surface area contributed by atoms with Crippen molar-refractivity contribution in [2.24, 2.45) is 0 Å². The molecule has 2 N–H and O–H groups in total. The van der Waals surface area contributed by atoms with Gasteiger partial charge in [-0.2, -0.15) is 0 Å². The molecule has 0 amide bonds. The van der Waals surface area contributed by atoms with Crippen LogP contribution in [0.15, 0.2) is 42.7 Å². The van der Waals surface area contributed by atoms with Gasteiger partial charge in [0.1, 0.15) is 17.4 Å². The summed E-state index contributed by atoms with van der Waals surface area (Å²) in [5.74, 6) is 0.708. The molecule has 3 atom stereocenters. The number of likely N-dealkylation sites (tertiary alicyclic amines) is 1. The van der Waals surface area contributed by atoms with E-state index in [1.807, 2.05) is 35.2 Å². The molecule has 34 heavy (non-hydrogen) atoms. The van der Waals surface area contributed by atoms with Crippen LogP contribution in [0.5, 0.6) is 5.75 Å². The molecular weight excluding hydrogens is 479 g/mol. The number of aliphatic hydroxyl groups excluding tert-OH is 1. The highest BCUT2D eigenvalue weighted by atomic mass is 35.5. The summed E-state index contributed by atoms with van der Waals surface area (Å²) in [7, 11) is 1.61. The van der Waals surface area contributed by atoms with E-state index in [-0.39, 0.29) is 25.0 Å². The first kappa shape index (κ1) is 24.6. The molecule has 1 aliphatic heterocycles. The largest absolute Gasteiger partial charge is 0.497 e. The summed E-state index contributed by atoms with van der Waals surface area (Å²) in [6, 6.07) is 9.11. The third-order valence-corrected chi connectivity index (χ3v) is 6.78. The van der Waals surface area contributed by atoms with Crippen LogP contribution in [0.1, 0.15) is 23.7 Å². The smallest absolute Gasteiger partial charge is 0.163 e. The number of benzene rings is 1. The Labute approximate surface area is 206 Å². The summed E-state index contributed by atoms with van der Waals surface area (Å²) in [5.41, 5.74) is 3.29. The van der Waals surface area contributed by atoms with Crippen molar-refractivity contribution in [3.05, 3.63) is 53.9 Å². The van der Waals surface area contributed by atoms with Crippen molar-refractivity contribution >= 4 is 45.2 Å². The maximum Gasteiger partial charge on any atom is 0.163 e. The number of nitrogens with zero attached hydrogens (tertiary/aromatic N) is 5. The van der Waals surface area contributed by atoms with Gasteiger partial charge in [0.25, 0.3) is 0 Å². The summed E-state index contributed by atoms with van der Waals surface area (Å²) in [6.45, 7) is 1.86. The van der Waals surface area contributed by atoms with Crippen molar-refractivity contribution in [1.29, 1.82) is 0 Å². The second kappa shape index (κ2) is 10.8. The van der Waals surface area contributed by atoms with Crippen LogP contribution in [0.3, 0.4) is 0 Å². The molecule has 1 aromatic carbocycles. The van der Waals surface area contributed by atoms with E-state index in [0.29, 0.717) is 31.8 Å². The number of nitrogens with one attached hydrogen (secondary N) is 1. The number of methoxy groups -OCH3 is 1. The molecule has 5 rings (SSSR count). The molecule has 2 unspecified atom stereocenters. The van der Waals surface area contributed by atoms with Crippen molar-refractivity contribution in [2.45, 2.75) is 31.3 Å². The first-order chi connectivity index (χ1) is 16.1. The molecule has 11 heteroatoms. The Bertz CT molecular complexity index is 1260. The van der Waals surface area contributed by atoms with Gasteiger partial charge in [-0.3, -0.25) is 9.88 Å². The fourth-order valence-corrected chi connectivity index (χ4v) is 4.84. The fourth-order valence-electron chi connectivity index (χ4n) is 4.34. The number of ether oxygens (including phenoxy) is 1. The number of halogens is 2. The minimum atomic E-state index is -1.03. The molecule has 0 aliphatic carbocycles. The van der Waals surface area contributed by atoms with E-state index in [2.05, 4.69) is 24.9 Å². The van der Waals surface area contributed by atoms with Gasteiger partial charge >= 0.3 is 0 Å². The average Bonchev–Trinajstić information content (AvgIpc) is 3.30. The van der Waals surface area contributed by atoms with Crippen LogP contribution in [0, 0.1) is 0 Å². The Morgan fingerprint density at radius 2 is 2.15 bits per heavy atom. The van der Waals surface area contributed by atoms with Crippen molar-refractivity contribution in [3.8, 4) is 5.75 Å². The van der Waals surface area contributed by atoms with E-state index in [1.54, 1.807) is 19.5 Å². The van der Waals surface area contributed by atoms with Crippen LogP contribution in [0.25, 0.3) is 21.3 Å². The molecule has 1 fully saturated rings. The summed E-state index contributed by atoms with van der Waals surface area (Å²) in [6.07, 6.45) is 2.35. The quantitative estimate of drug-likeness (QED) is 0.396. The van der Waals surface area contributed by atoms with E-state index < -0.39 is 12.3 Å². The number of piperidine rings is 1. The monoisotopic (exact) mass is 504 g/mol. The number of hydrogen-bond acceptors (Lipinski definition) is 9. The molecule has 0 bridgehead atoms. The van der Waals surface area contributed by atoms with E-state index >= 15 is 0 Å². The van der Waals surface area contributed by atoms with Gasteiger partial charge in [0.05, 0.1) is 18.7 Å². The highest BCUT2D eigenvalue weighted by Gasteiger charge is 2.30. The molecule has 0 saturated carbocycles. The lowest BCUT2D eigenvalue weighted by atomic mass is 10.00. The van der Waals surface area contributed by atoms with E-state index in [9.17, 15) is 9.50 Å². The van der Waals surface area contributed by atoms with Gasteiger partial charge in [0, 0.05) is 55.0 Å². The number of hydrogen-bond donors (Lipinski definition) is 2. The standard InChI is InChI=1S/C23H25FN6O2S.ClH/c1-32-15-2-3-19-17(9-15)16(4-6-25-19)22(31)13-30-7-5-20(18(24)12-30)26-10-14-8-21-23(27-11-14)33-29-28-21;/h2-4,6,8-9,11,18,20,22,26,31H,5,7,10,12-13H2,1H3;1H/t18?,20?,22-;/m0./s1. The molecule has 8 nitrogen and oxygen atoms in total. The number of β-amino-alcohol motifs (C(OH)–C–C–N with tert-alkyl or cyclic N) is 1. The Kier molecular flexibility index (Phi) is 7.84. The van der Waals surface area contributed by atoms with Gasteiger partial charge in [-0.25, -0.2) is 9.37 Å². The number of aliphatic hydroxyl groups is 1. The summed E-state index contributed by atoms with van der Waals surface area (Å²) in [5, 5.41) is 19.1. The van der Waals surface area contributed by atoms with Crippen LogP contribution in [-0.4, -0.2) is 68.5 Å². The van der Waals surface area contributed by atoms with Crippen LogP contribution >= 0.6 is 23.9 Å². The zero-order valence-corrected chi connectivity index (χ0v) is 20.2. The SMILES string of the molecule is COc1ccc2nccc([C@@H](O)CN3CCC(NCc4cnc5snnc5c4)C(F)C3)c2c1.Cl. The zero-order chi connectivity index (χ0) is 22.8. The normalized spacial score (nSPS) is 19.7. The summed E-state index contributed by atoms with van der Waals surface area (Å²) < 4.78 is 24.2. The average molecular weight is 505 g/mol. The Hall–Kier alpha value is -2.50. The first-order valence-corrected chi connectivity index (χ1v) is 11.7. The van der Waals surface area contributed by atoms with Crippen molar-refractivity contribution in [3.63, 3.8) is 0 Å². The molecule has 4 aromatic rings. The lowest BCUT2D eigenvalue weighted by molar-refractivity contribution is 0.0571. The van der Waals surface area contributed by atoms with Crippen LogP contribution in [0.2, 0.25) is 0 Å². The van der Waals surface area contributed by atoms with E-state index in [0.717, 1.165) is 32.4 Å². The predicted molar refractivity (Wildman–Crippen MR) is 132 cm³/mol. The van der Waals surface area contributed by atoms with Crippen LogP contribution in [-0.2, 0) is 6.54 Å². The predicted octanol–water partition coefficient (Wildman–Crippen LogP) is 3.30. The lowest BCUT2D eigenvalue weighted by Crippen LogP contribution is -2.51. The molecule has 3 aromatic heterocycles. The minimum Gasteiger partial charge on any atom is -0.497 e. The molecule has 1 aliphatic rings. The number of pyridine rings is 2. The van der Waals surface area contributed by atoms with Crippen molar-refractivity contribution in [1.82, 2.24) is 29.8 Å². The highest BCUT2D eigenvalue weighted by molar-refractivity contribution is 7.12. The highest BCUT2D eigenvalue weighted by Crippen LogP contribution is 2.28. The Morgan fingerprint density at radius 3 is 2.97 bits per heavy atom. The maximum atomic E-state index is 15.0. The molecule has 4 heterocycles. The van der Waals surface area contributed by atoms with Gasteiger partial charge in [-0.05, 0) is 54.4 Å². The maximum absolute atomic E-state index is 15.0. The van der Waals surface area contributed by atoms with Crippen LogP contribution < -0.4 is 10.1 Å². The van der Waals surface area contributed by atoms with Crippen LogP contribution in [0.4, 0.5) is 4.39 Å². The van der Waals surface area contributed by atoms with Gasteiger partial charge in [-0.1, -0.05) is 4.49 Å². The molecule has 1 saturated heterocycles. The zero-order valence-electron chi connectivity index (χ0n) is 18.6. The Morgan fingerprint density at radius 1 is 1.26 bits per heavy atom. The third-order valence-electron chi connectivity index (χ3n) is 6.13. The molecule has 180 valence electrons. The van der Waals surface area contributed by atoms with Gasteiger partial charge in [-0.15, -0.1) is 17.5 Å². The van der Waals surface area contributed by atoms with Crippen molar-refractivity contribution < 1.29 is 14.2 Å². The summed E-state index contributed by atoms with van der Waals surface area (Å²) >= 11 is 1.26. The van der Waals surface area contributed by atoms with Gasteiger partial charge in [0.15, 0.2) is 4.83 Å².